The molecule has 0 aliphatic carbocycles. The fourth-order valence-corrected chi connectivity index (χ4v) is 4.19. The zero-order valence-electron chi connectivity index (χ0n) is 21.9. The van der Waals surface area contributed by atoms with Gasteiger partial charge in [-0.2, -0.15) is 0 Å². The van der Waals surface area contributed by atoms with Crippen LogP contribution in [-0.4, -0.2) is 67.5 Å². The molecule has 3 N–H and O–H groups in total. The summed E-state index contributed by atoms with van der Waals surface area (Å²) >= 11 is 0. The van der Waals surface area contributed by atoms with Crippen molar-refractivity contribution in [3.05, 3.63) is 48.7 Å². The van der Waals surface area contributed by atoms with Crippen LogP contribution < -0.4 is 25.3 Å². The molecule has 9 nitrogen and oxygen atoms in total. The van der Waals surface area contributed by atoms with Crippen LogP contribution in [0.3, 0.4) is 0 Å². The lowest BCUT2D eigenvalue weighted by Crippen LogP contribution is -2.27. The van der Waals surface area contributed by atoms with E-state index in [2.05, 4.69) is 34.0 Å². The number of rotatable bonds is 12. The van der Waals surface area contributed by atoms with Crippen molar-refractivity contribution in [2.75, 3.05) is 57.6 Å². The summed E-state index contributed by atoms with van der Waals surface area (Å²) in [4.78, 5) is 11.4. The second-order valence-corrected chi connectivity index (χ2v) is 8.81. The van der Waals surface area contributed by atoms with E-state index in [0.29, 0.717) is 35.5 Å². The number of anilines is 3. The molecule has 2 heterocycles. The Bertz CT molecular complexity index is 1150. The summed E-state index contributed by atoms with van der Waals surface area (Å²) < 4.78 is 23.0. The number of hydrogen-bond donors (Lipinski definition) is 2. The first-order valence-electron chi connectivity index (χ1n) is 12.9. The van der Waals surface area contributed by atoms with Gasteiger partial charge in [0.05, 0.1) is 31.7 Å². The molecule has 37 heavy (non-hydrogen) atoms. The first-order valence-corrected chi connectivity index (χ1v) is 12.9. The van der Waals surface area contributed by atoms with Crippen molar-refractivity contribution in [2.24, 2.45) is 0 Å². The standard InChI is InChI=1S/C28H37N5O4/c1-4-33(5-2)14-17-36-26-9-7-21(19-27(26)34-3)31-28-30-13-10-24(32-28)20-6-8-25(23(29)18-20)37-22-11-15-35-16-12-22/h6-10,13,18-19,22H,4-5,11-12,14-17,29H2,1-3H3,(H,30,31,32). The minimum Gasteiger partial charge on any atom is -0.493 e. The third kappa shape index (κ3) is 7.24. The van der Waals surface area contributed by atoms with E-state index in [1.165, 1.54) is 0 Å². The summed E-state index contributed by atoms with van der Waals surface area (Å²) in [7, 11) is 1.63. The third-order valence-electron chi connectivity index (χ3n) is 6.40. The van der Waals surface area contributed by atoms with Gasteiger partial charge < -0.3 is 34.9 Å². The van der Waals surface area contributed by atoms with E-state index in [1.54, 1.807) is 13.3 Å². The molecule has 1 aromatic heterocycles. The van der Waals surface area contributed by atoms with Crippen LogP contribution in [-0.2, 0) is 4.74 Å². The van der Waals surface area contributed by atoms with Crippen molar-refractivity contribution in [1.82, 2.24) is 14.9 Å². The Morgan fingerprint density at radius 1 is 1.03 bits per heavy atom. The molecule has 0 amide bonds. The maximum absolute atomic E-state index is 6.31. The zero-order valence-corrected chi connectivity index (χ0v) is 21.9. The van der Waals surface area contributed by atoms with Crippen LogP contribution in [0.4, 0.5) is 17.3 Å². The average Bonchev–Trinajstić information content (AvgIpc) is 2.93. The monoisotopic (exact) mass is 507 g/mol. The summed E-state index contributed by atoms with van der Waals surface area (Å²) in [6, 6.07) is 13.3. The van der Waals surface area contributed by atoms with E-state index in [9.17, 15) is 0 Å². The molecule has 4 rings (SSSR count). The van der Waals surface area contributed by atoms with Crippen LogP contribution in [0, 0.1) is 0 Å². The van der Waals surface area contributed by atoms with Gasteiger partial charge in [0.2, 0.25) is 5.95 Å². The Labute approximate surface area is 218 Å². The van der Waals surface area contributed by atoms with Crippen LogP contribution >= 0.6 is 0 Å². The molecule has 1 aliphatic heterocycles. The van der Waals surface area contributed by atoms with Crippen LogP contribution in [0.15, 0.2) is 48.7 Å². The smallest absolute Gasteiger partial charge is 0.227 e. The van der Waals surface area contributed by atoms with Crippen LogP contribution in [0.5, 0.6) is 17.2 Å². The van der Waals surface area contributed by atoms with Gasteiger partial charge >= 0.3 is 0 Å². The van der Waals surface area contributed by atoms with Crippen molar-refractivity contribution in [2.45, 2.75) is 32.8 Å². The van der Waals surface area contributed by atoms with Gasteiger partial charge in [-0.25, -0.2) is 9.97 Å². The van der Waals surface area contributed by atoms with Crippen LogP contribution in [0.25, 0.3) is 11.3 Å². The minimum atomic E-state index is 0.132. The molecule has 0 bridgehead atoms. The first-order chi connectivity index (χ1) is 18.1. The number of nitrogens with two attached hydrogens (primary N) is 1. The number of ether oxygens (including phenoxy) is 4. The highest BCUT2D eigenvalue weighted by molar-refractivity contribution is 5.69. The van der Waals surface area contributed by atoms with Gasteiger partial charge in [0.25, 0.3) is 0 Å². The average molecular weight is 508 g/mol. The van der Waals surface area contributed by atoms with Crippen molar-refractivity contribution < 1.29 is 18.9 Å². The number of nitrogen functional groups attached to an aromatic ring is 1. The highest BCUT2D eigenvalue weighted by Gasteiger charge is 2.17. The molecule has 0 unspecified atom stereocenters. The van der Waals surface area contributed by atoms with Crippen LogP contribution in [0.1, 0.15) is 26.7 Å². The maximum atomic E-state index is 6.31. The normalized spacial score (nSPS) is 13.9. The van der Waals surface area contributed by atoms with Crippen molar-refractivity contribution >= 4 is 17.3 Å². The SMILES string of the molecule is CCN(CC)CCOc1ccc(Nc2nccc(-c3ccc(OC4CCOCC4)c(N)c3)n2)cc1OC. The summed E-state index contributed by atoms with van der Waals surface area (Å²) in [5, 5.41) is 3.25. The van der Waals surface area contributed by atoms with Gasteiger partial charge in [-0.1, -0.05) is 13.8 Å². The molecule has 0 radical (unpaired) electrons. The molecule has 1 aliphatic rings. The Hall–Kier alpha value is -3.56. The fraction of sp³-hybridized carbons (Fsp3) is 0.429. The summed E-state index contributed by atoms with van der Waals surface area (Å²) in [5.41, 5.74) is 9.33. The van der Waals surface area contributed by atoms with Crippen molar-refractivity contribution in [3.63, 3.8) is 0 Å². The number of likely N-dealkylation sites (N-methyl/N-ethyl adjacent to an activating group) is 1. The maximum Gasteiger partial charge on any atom is 0.227 e. The van der Waals surface area contributed by atoms with E-state index in [0.717, 1.165) is 62.6 Å². The number of aromatic nitrogens is 2. The van der Waals surface area contributed by atoms with Crippen LogP contribution in [0.2, 0.25) is 0 Å². The Kier molecular flexibility index (Phi) is 9.40. The number of nitrogens with one attached hydrogen (secondary N) is 1. The van der Waals surface area contributed by atoms with Gasteiger partial charge in [-0.15, -0.1) is 0 Å². The van der Waals surface area contributed by atoms with Crippen molar-refractivity contribution in [1.29, 1.82) is 0 Å². The molecule has 0 spiro atoms. The van der Waals surface area contributed by atoms with E-state index in [1.807, 2.05) is 42.5 Å². The molecular formula is C28H37N5O4. The van der Waals surface area contributed by atoms with E-state index in [-0.39, 0.29) is 6.10 Å². The van der Waals surface area contributed by atoms with Gasteiger partial charge in [0.15, 0.2) is 11.5 Å². The molecule has 1 fully saturated rings. The molecule has 1 saturated heterocycles. The largest absolute Gasteiger partial charge is 0.493 e. The number of hydrogen-bond acceptors (Lipinski definition) is 9. The van der Waals surface area contributed by atoms with Gasteiger partial charge in [0, 0.05) is 42.9 Å². The lowest BCUT2D eigenvalue weighted by Gasteiger charge is -2.24. The van der Waals surface area contributed by atoms with E-state index < -0.39 is 0 Å². The second kappa shape index (κ2) is 13.1. The fourth-order valence-electron chi connectivity index (χ4n) is 4.19. The zero-order chi connectivity index (χ0) is 26.0. The molecule has 9 heteroatoms. The lowest BCUT2D eigenvalue weighted by atomic mass is 10.1. The highest BCUT2D eigenvalue weighted by atomic mass is 16.5. The van der Waals surface area contributed by atoms with E-state index >= 15 is 0 Å². The lowest BCUT2D eigenvalue weighted by molar-refractivity contribution is 0.0259. The number of methoxy groups -OCH3 is 1. The quantitative estimate of drug-likeness (QED) is 0.336. The van der Waals surface area contributed by atoms with Gasteiger partial charge in [-0.05, 0) is 49.5 Å². The second-order valence-electron chi connectivity index (χ2n) is 8.81. The predicted molar refractivity (Wildman–Crippen MR) is 146 cm³/mol. The molecule has 0 saturated carbocycles. The summed E-state index contributed by atoms with van der Waals surface area (Å²) in [6.07, 6.45) is 3.59. The molecule has 2 aromatic carbocycles. The Morgan fingerprint density at radius 2 is 1.81 bits per heavy atom. The molecule has 198 valence electrons. The number of benzene rings is 2. The predicted octanol–water partition coefficient (Wildman–Crippen LogP) is 4.76. The molecule has 3 aromatic rings. The molecular weight excluding hydrogens is 470 g/mol. The van der Waals surface area contributed by atoms with E-state index in [4.69, 9.17) is 24.7 Å². The first kappa shape index (κ1) is 26.5. The van der Waals surface area contributed by atoms with Gasteiger partial charge in [0.1, 0.15) is 18.5 Å². The highest BCUT2D eigenvalue weighted by Crippen LogP contribution is 2.32. The Morgan fingerprint density at radius 3 is 2.54 bits per heavy atom. The summed E-state index contributed by atoms with van der Waals surface area (Å²) in [5.74, 6) is 2.51. The number of nitrogens with zero attached hydrogens (tertiary/aromatic N) is 3. The van der Waals surface area contributed by atoms with Gasteiger partial charge in [-0.3, -0.25) is 0 Å². The topological polar surface area (TPSA) is 104 Å². The third-order valence-corrected chi connectivity index (χ3v) is 6.40. The Balaban J connectivity index is 1.42. The van der Waals surface area contributed by atoms with Crippen molar-refractivity contribution in [3.8, 4) is 28.5 Å². The minimum absolute atomic E-state index is 0.132. The molecule has 0 atom stereocenters. The summed E-state index contributed by atoms with van der Waals surface area (Å²) in [6.45, 7) is 9.19.